The third kappa shape index (κ3) is 4.38. The van der Waals surface area contributed by atoms with Crippen LogP contribution in [0.25, 0.3) is 0 Å². The van der Waals surface area contributed by atoms with E-state index in [9.17, 15) is 4.79 Å². The van der Waals surface area contributed by atoms with Crippen LogP contribution in [0.5, 0.6) is 0 Å². The summed E-state index contributed by atoms with van der Waals surface area (Å²) in [6, 6.07) is 0. The third-order valence-corrected chi connectivity index (χ3v) is 3.22. The summed E-state index contributed by atoms with van der Waals surface area (Å²) in [7, 11) is 0. The lowest BCUT2D eigenvalue weighted by Crippen LogP contribution is -2.26. The Bertz CT molecular complexity index is 227. The van der Waals surface area contributed by atoms with E-state index in [4.69, 9.17) is 4.74 Å². The molecule has 0 saturated heterocycles. The SMILES string of the molecule is CC=CC(OC(=O)CCC)C1CCCCC1. The summed E-state index contributed by atoms with van der Waals surface area (Å²) in [5, 5.41) is 0. The van der Waals surface area contributed by atoms with Crippen LogP contribution < -0.4 is 0 Å². The van der Waals surface area contributed by atoms with Crippen molar-refractivity contribution in [2.24, 2.45) is 5.92 Å². The molecule has 0 spiro atoms. The molecule has 0 aliphatic heterocycles. The molecule has 1 saturated carbocycles. The van der Waals surface area contributed by atoms with E-state index in [0.29, 0.717) is 12.3 Å². The molecule has 1 rings (SSSR count). The van der Waals surface area contributed by atoms with Gasteiger partial charge in [-0.1, -0.05) is 32.3 Å². The maximum absolute atomic E-state index is 11.5. The molecule has 0 radical (unpaired) electrons. The van der Waals surface area contributed by atoms with Crippen LogP contribution in [0.15, 0.2) is 12.2 Å². The topological polar surface area (TPSA) is 26.3 Å². The number of hydrogen-bond acceptors (Lipinski definition) is 2. The van der Waals surface area contributed by atoms with Gasteiger partial charge in [0.25, 0.3) is 0 Å². The number of rotatable bonds is 5. The van der Waals surface area contributed by atoms with Gasteiger partial charge in [0.15, 0.2) is 0 Å². The summed E-state index contributed by atoms with van der Waals surface area (Å²) in [5.41, 5.74) is 0. The highest BCUT2D eigenvalue weighted by Gasteiger charge is 2.24. The van der Waals surface area contributed by atoms with Gasteiger partial charge in [-0.2, -0.15) is 0 Å². The molecule has 1 unspecified atom stereocenters. The summed E-state index contributed by atoms with van der Waals surface area (Å²) in [4.78, 5) is 11.5. The Kier molecular flexibility index (Phi) is 6.20. The Hall–Kier alpha value is -0.790. The van der Waals surface area contributed by atoms with Gasteiger partial charge in [-0.05, 0) is 38.2 Å². The van der Waals surface area contributed by atoms with Crippen LogP contribution in [-0.4, -0.2) is 12.1 Å². The predicted molar refractivity (Wildman–Crippen MR) is 66.2 cm³/mol. The van der Waals surface area contributed by atoms with E-state index in [2.05, 4.69) is 0 Å². The minimum absolute atomic E-state index is 0.0179. The number of hydrogen-bond donors (Lipinski definition) is 0. The molecule has 2 nitrogen and oxygen atoms in total. The highest BCUT2D eigenvalue weighted by atomic mass is 16.5. The first kappa shape index (κ1) is 13.3. The summed E-state index contributed by atoms with van der Waals surface area (Å²) in [5.74, 6) is 0.502. The summed E-state index contributed by atoms with van der Waals surface area (Å²) in [6.07, 6.45) is 11.8. The van der Waals surface area contributed by atoms with Crippen LogP contribution >= 0.6 is 0 Å². The molecule has 0 amide bonds. The van der Waals surface area contributed by atoms with Gasteiger partial charge in [0, 0.05) is 6.42 Å². The first-order valence-corrected chi connectivity index (χ1v) is 6.60. The molecule has 16 heavy (non-hydrogen) atoms. The van der Waals surface area contributed by atoms with Gasteiger partial charge in [-0.15, -0.1) is 0 Å². The zero-order valence-corrected chi connectivity index (χ0v) is 10.6. The molecular formula is C14H24O2. The molecular weight excluding hydrogens is 200 g/mol. The van der Waals surface area contributed by atoms with E-state index in [1.165, 1.54) is 32.1 Å². The zero-order chi connectivity index (χ0) is 11.8. The quantitative estimate of drug-likeness (QED) is 0.523. The number of carbonyl (C=O) groups excluding carboxylic acids is 1. The van der Waals surface area contributed by atoms with E-state index >= 15 is 0 Å². The second kappa shape index (κ2) is 7.48. The monoisotopic (exact) mass is 224 g/mol. The average Bonchev–Trinajstić information content (AvgIpc) is 2.30. The molecule has 0 aromatic rings. The molecule has 1 aliphatic carbocycles. The van der Waals surface area contributed by atoms with E-state index in [1.54, 1.807) is 0 Å². The highest BCUT2D eigenvalue weighted by Crippen LogP contribution is 2.28. The second-order valence-corrected chi connectivity index (χ2v) is 4.63. The second-order valence-electron chi connectivity index (χ2n) is 4.63. The van der Waals surface area contributed by atoms with Gasteiger partial charge in [-0.3, -0.25) is 4.79 Å². The summed E-state index contributed by atoms with van der Waals surface area (Å²) < 4.78 is 5.55. The molecule has 0 N–H and O–H groups in total. The minimum atomic E-state index is -0.0452. The van der Waals surface area contributed by atoms with Crippen LogP contribution in [0.1, 0.15) is 58.8 Å². The van der Waals surface area contributed by atoms with Crippen molar-refractivity contribution in [3.8, 4) is 0 Å². The van der Waals surface area contributed by atoms with Crippen molar-refractivity contribution in [3.05, 3.63) is 12.2 Å². The van der Waals surface area contributed by atoms with Crippen LogP contribution in [0.4, 0.5) is 0 Å². The first-order valence-electron chi connectivity index (χ1n) is 6.60. The lowest BCUT2D eigenvalue weighted by molar-refractivity contribution is -0.149. The van der Waals surface area contributed by atoms with Crippen molar-refractivity contribution in [2.75, 3.05) is 0 Å². The summed E-state index contributed by atoms with van der Waals surface area (Å²) in [6.45, 7) is 4.00. The average molecular weight is 224 g/mol. The predicted octanol–water partition coefficient (Wildman–Crippen LogP) is 3.85. The number of esters is 1. The Labute approximate surface area is 99.1 Å². The molecule has 0 heterocycles. The van der Waals surface area contributed by atoms with Crippen molar-refractivity contribution in [1.29, 1.82) is 0 Å². The number of allylic oxidation sites excluding steroid dienone is 1. The first-order chi connectivity index (χ1) is 7.77. The molecule has 0 aromatic heterocycles. The van der Waals surface area contributed by atoms with Crippen molar-refractivity contribution < 1.29 is 9.53 Å². The fraction of sp³-hybridized carbons (Fsp3) is 0.786. The molecule has 1 aliphatic rings. The lowest BCUT2D eigenvalue weighted by Gasteiger charge is -2.28. The molecule has 1 atom stereocenters. The van der Waals surface area contributed by atoms with Crippen molar-refractivity contribution in [1.82, 2.24) is 0 Å². The van der Waals surface area contributed by atoms with Crippen LogP contribution in [0.3, 0.4) is 0 Å². The fourth-order valence-corrected chi connectivity index (χ4v) is 2.36. The summed E-state index contributed by atoms with van der Waals surface area (Å²) >= 11 is 0. The van der Waals surface area contributed by atoms with Crippen LogP contribution in [0.2, 0.25) is 0 Å². The van der Waals surface area contributed by atoms with Gasteiger partial charge in [0.2, 0.25) is 0 Å². The van der Waals surface area contributed by atoms with Gasteiger partial charge in [0.1, 0.15) is 6.10 Å². The van der Waals surface area contributed by atoms with Crippen LogP contribution in [0, 0.1) is 5.92 Å². The molecule has 0 bridgehead atoms. The van der Waals surface area contributed by atoms with Crippen molar-refractivity contribution in [2.45, 2.75) is 64.9 Å². The Morgan fingerprint density at radius 1 is 1.38 bits per heavy atom. The molecule has 1 fully saturated rings. The maximum atomic E-state index is 11.5. The highest BCUT2D eigenvalue weighted by molar-refractivity contribution is 5.69. The fourth-order valence-electron chi connectivity index (χ4n) is 2.36. The maximum Gasteiger partial charge on any atom is 0.306 e. The van der Waals surface area contributed by atoms with E-state index in [-0.39, 0.29) is 12.1 Å². The van der Waals surface area contributed by atoms with Crippen molar-refractivity contribution >= 4 is 5.97 Å². The normalized spacial score (nSPS) is 19.9. The zero-order valence-electron chi connectivity index (χ0n) is 10.6. The van der Waals surface area contributed by atoms with Crippen molar-refractivity contribution in [3.63, 3.8) is 0 Å². The molecule has 92 valence electrons. The smallest absolute Gasteiger partial charge is 0.306 e. The van der Waals surface area contributed by atoms with Gasteiger partial charge < -0.3 is 4.74 Å². The van der Waals surface area contributed by atoms with E-state index in [0.717, 1.165) is 6.42 Å². The minimum Gasteiger partial charge on any atom is -0.458 e. The van der Waals surface area contributed by atoms with Gasteiger partial charge >= 0.3 is 5.97 Å². The largest absolute Gasteiger partial charge is 0.458 e. The third-order valence-electron chi connectivity index (χ3n) is 3.22. The number of carbonyl (C=O) groups is 1. The van der Waals surface area contributed by atoms with Gasteiger partial charge in [0.05, 0.1) is 0 Å². The Morgan fingerprint density at radius 2 is 2.06 bits per heavy atom. The Balaban J connectivity index is 2.48. The Morgan fingerprint density at radius 3 is 2.62 bits per heavy atom. The standard InChI is InChI=1S/C14H24O2/c1-3-8-13(16-14(15)9-4-2)12-10-6-5-7-11-12/h3,8,12-13H,4-7,9-11H2,1-2H3. The van der Waals surface area contributed by atoms with E-state index in [1.807, 2.05) is 26.0 Å². The molecule has 0 aromatic carbocycles. The lowest BCUT2D eigenvalue weighted by atomic mass is 9.85. The molecule has 2 heteroatoms. The van der Waals surface area contributed by atoms with Gasteiger partial charge in [-0.25, -0.2) is 0 Å². The number of ether oxygens (including phenoxy) is 1. The van der Waals surface area contributed by atoms with E-state index < -0.39 is 0 Å². The van der Waals surface area contributed by atoms with Crippen LogP contribution in [-0.2, 0) is 9.53 Å².